The number of carbonyl (C=O) groups is 1. The number of piperidine rings is 1. The van der Waals surface area contributed by atoms with Crippen LogP contribution in [0.1, 0.15) is 25.0 Å². The van der Waals surface area contributed by atoms with E-state index in [1.807, 2.05) is 11.0 Å². The minimum Gasteiger partial charge on any atom is -0.388 e. The zero-order chi connectivity index (χ0) is 13.7. The molecular formula is C13H18N4OS. The third kappa shape index (κ3) is 3.89. The molecule has 1 aliphatic rings. The molecule has 1 fully saturated rings. The molecule has 1 amide bonds. The van der Waals surface area contributed by atoms with Crippen molar-refractivity contribution in [3.63, 3.8) is 0 Å². The molecule has 1 saturated heterocycles. The Hall–Kier alpha value is -1.69. The monoisotopic (exact) mass is 278 g/mol. The fourth-order valence-electron chi connectivity index (χ4n) is 2.08. The smallest absolute Gasteiger partial charge is 0.241 e. The summed E-state index contributed by atoms with van der Waals surface area (Å²) < 4.78 is 0. The molecule has 1 aliphatic heterocycles. The van der Waals surface area contributed by atoms with Gasteiger partial charge in [0.1, 0.15) is 4.99 Å². The summed E-state index contributed by atoms with van der Waals surface area (Å²) in [5.41, 5.74) is 6.85. The first-order chi connectivity index (χ1) is 9.16. The largest absolute Gasteiger partial charge is 0.388 e. The Bertz CT molecular complexity index is 454. The highest BCUT2D eigenvalue weighted by atomic mass is 32.1. The Morgan fingerprint density at radius 2 is 2.11 bits per heavy atom. The van der Waals surface area contributed by atoms with Crippen molar-refractivity contribution in [1.29, 1.82) is 0 Å². The van der Waals surface area contributed by atoms with Gasteiger partial charge in [-0.05, 0) is 31.4 Å². The first kappa shape index (κ1) is 13.7. The summed E-state index contributed by atoms with van der Waals surface area (Å²) >= 11 is 4.83. The number of amides is 1. The lowest BCUT2D eigenvalue weighted by Gasteiger charge is -2.26. The van der Waals surface area contributed by atoms with Gasteiger partial charge in [0.05, 0.1) is 24.1 Å². The first-order valence-corrected chi connectivity index (χ1v) is 6.85. The van der Waals surface area contributed by atoms with Crippen molar-refractivity contribution in [3.8, 4) is 0 Å². The van der Waals surface area contributed by atoms with E-state index in [0.29, 0.717) is 12.2 Å². The average molecular weight is 278 g/mol. The summed E-state index contributed by atoms with van der Waals surface area (Å²) in [5, 5.41) is 3.07. The van der Waals surface area contributed by atoms with Crippen molar-refractivity contribution in [2.45, 2.75) is 19.3 Å². The molecule has 19 heavy (non-hydrogen) atoms. The number of pyridine rings is 1. The molecule has 0 radical (unpaired) electrons. The molecular weight excluding hydrogens is 260 g/mol. The van der Waals surface area contributed by atoms with Crippen LogP contribution in [-0.4, -0.2) is 40.4 Å². The minimum absolute atomic E-state index is 0.137. The second kappa shape index (κ2) is 6.47. The Morgan fingerprint density at radius 3 is 2.68 bits per heavy atom. The summed E-state index contributed by atoms with van der Waals surface area (Å²) in [5.74, 6) is 0.137. The van der Waals surface area contributed by atoms with Crippen molar-refractivity contribution in [1.82, 2.24) is 9.88 Å². The van der Waals surface area contributed by atoms with E-state index in [2.05, 4.69) is 10.3 Å². The molecule has 2 heterocycles. The SMILES string of the molecule is NC(=S)c1ccc(NCC(=O)N2CCCCC2)cn1. The van der Waals surface area contributed by atoms with Crippen LogP contribution in [0.25, 0.3) is 0 Å². The number of nitrogens with zero attached hydrogens (tertiary/aromatic N) is 2. The maximum atomic E-state index is 11.9. The van der Waals surface area contributed by atoms with Gasteiger partial charge >= 0.3 is 0 Å². The molecule has 0 spiro atoms. The van der Waals surface area contributed by atoms with Crippen molar-refractivity contribution in [2.24, 2.45) is 5.73 Å². The summed E-state index contributed by atoms with van der Waals surface area (Å²) in [6, 6.07) is 3.57. The molecule has 2 rings (SSSR count). The predicted octanol–water partition coefficient (Wildman–Crippen LogP) is 1.14. The molecule has 5 nitrogen and oxygen atoms in total. The molecule has 0 saturated carbocycles. The fourth-order valence-corrected chi connectivity index (χ4v) is 2.20. The summed E-state index contributed by atoms with van der Waals surface area (Å²) in [7, 11) is 0. The van der Waals surface area contributed by atoms with Gasteiger partial charge in [-0.15, -0.1) is 0 Å². The van der Waals surface area contributed by atoms with Gasteiger partial charge in [0, 0.05) is 13.1 Å². The maximum absolute atomic E-state index is 11.9. The topological polar surface area (TPSA) is 71.2 Å². The van der Waals surface area contributed by atoms with Crippen LogP contribution in [0.2, 0.25) is 0 Å². The van der Waals surface area contributed by atoms with Crippen LogP contribution in [0.4, 0.5) is 5.69 Å². The van der Waals surface area contributed by atoms with E-state index in [1.165, 1.54) is 6.42 Å². The molecule has 0 bridgehead atoms. The molecule has 0 unspecified atom stereocenters. The first-order valence-electron chi connectivity index (χ1n) is 6.44. The second-order valence-corrected chi connectivity index (χ2v) is 5.03. The van der Waals surface area contributed by atoms with Gasteiger partial charge in [-0.1, -0.05) is 12.2 Å². The highest BCUT2D eigenvalue weighted by molar-refractivity contribution is 7.80. The lowest BCUT2D eigenvalue weighted by Crippen LogP contribution is -2.39. The van der Waals surface area contributed by atoms with Gasteiger partial charge in [-0.2, -0.15) is 0 Å². The van der Waals surface area contributed by atoms with Crippen LogP contribution in [0, 0.1) is 0 Å². The highest BCUT2D eigenvalue weighted by Gasteiger charge is 2.15. The van der Waals surface area contributed by atoms with E-state index in [9.17, 15) is 4.79 Å². The fraction of sp³-hybridized carbons (Fsp3) is 0.462. The van der Waals surface area contributed by atoms with Crippen molar-refractivity contribution < 1.29 is 4.79 Å². The number of nitrogens with two attached hydrogens (primary N) is 1. The normalized spacial score (nSPS) is 15.1. The van der Waals surface area contributed by atoms with Gasteiger partial charge in [0.15, 0.2) is 0 Å². The number of thiocarbonyl (C=S) groups is 1. The molecule has 0 aliphatic carbocycles. The third-order valence-electron chi connectivity index (χ3n) is 3.17. The predicted molar refractivity (Wildman–Crippen MR) is 79.0 cm³/mol. The zero-order valence-electron chi connectivity index (χ0n) is 10.8. The third-order valence-corrected chi connectivity index (χ3v) is 3.38. The van der Waals surface area contributed by atoms with Gasteiger partial charge in [-0.25, -0.2) is 0 Å². The summed E-state index contributed by atoms with van der Waals surface area (Å²) in [6.07, 6.45) is 5.07. The lowest BCUT2D eigenvalue weighted by atomic mass is 10.1. The molecule has 1 aromatic rings. The number of hydrogen-bond donors (Lipinski definition) is 2. The summed E-state index contributed by atoms with van der Waals surface area (Å²) in [4.78, 5) is 18.2. The van der Waals surface area contributed by atoms with E-state index >= 15 is 0 Å². The Balaban J connectivity index is 1.84. The van der Waals surface area contributed by atoms with E-state index in [0.717, 1.165) is 31.6 Å². The van der Waals surface area contributed by atoms with Crippen LogP contribution in [-0.2, 0) is 4.79 Å². The van der Waals surface area contributed by atoms with E-state index in [4.69, 9.17) is 18.0 Å². The van der Waals surface area contributed by atoms with Gasteiger partial charge < -0.3 is 16.0 Å². The average Bonchev–Trinajstić information content (AvgIpc) is 2.46. The zero-order valence-corrected chi connectivity index (χ0v) is 11.6. The van der Waals surface area contributed by atoms with E-state index in [-0.39, 0.29) is 10.9 Å². The van der Waals surface area contributed by atoms with Gasteiger partial charge in [0.2, 0.25) is 5.91 Å². The lowest BCUT2D eigenvalue weighted by molar-refractivity contribution is -0.130. The van der Waals surface area contributed by atoms with Crippen molar-refractivity contribution in [2.75, 3.05) is 25.0 Å². The number of carbonyl (C=O) groups excluding carboxylic acids is 1. The highest BCUT2D eigenvalue weighted by Crippen LogP contribution is 2.10. The van der Waals surface area contributed by atoms with Crippen LogP contribution < -0.4 is 11.1 Å². The number of hydrogen-bond acceptors (Lipinski definition) is 4. The standard InChI is InChI=1S/C13H18N4OS/c14-13(19)11-5-4-10(8-16-11)15-9-12(18)17-6-2-1-3-7-17/h4-5,8,15H,1-3,6-7,9H2,(H2,14,19). The Kier molecular flexibility index (Phi) is 4.68. The van der Waals surface area contributed by atoms with Crippen molar-refractivity contribution in [3.05, 3.63) is 24.0 Å². The van der Waals surface area contributed by atoms with Crippen LogP contribution in [0.5, 0.6) is 0 Å². The molecule has 6 heteroatoms. The van der Waals surface area contributed by atoms with Crippen LogP contribution in [0.3, 0.4) is 0 Å². The van der Waals surface area contributed by atoms with Crippen molar-refractivity contribution >= 4 is 28.8 Å². The second-order valence-electron chi connectivity index (χ2n) is 4.59. The minimum atomic E-state index is 0.137. The quantitative estimate of drug-likeness (QED) is 0.808. The molecule has 102 valence electrons. The number of anilines is 1. The number of aromatic nitrogens is 1. The molecule has 3 N–H and O–H groups in total. The molecule has 0 atom stereocenters. The summed E-state index contributed by atoms with van der Waals surface area (Å²) in [6.45, 7) is 2.05. The van der Waals surface area contributed by atoms with Crippen LogP contribution in [0.15, 0.2) is 18.3 Å². The maximum Gasteiger partial charge on any atom is 0.241 e. The molecule has 1 aromatic heterocycles. The van der Waals surface area contributed by atoms with E-state index < -0.39 is 0 Å². The van der Waals surface area contributed by atoms with Crippen LogP contribution >= 0.6 is 12.2 Å². The Morgan fingerprint density at radius 1 is 1.37 bits per heavy atom. The van der Waals surface area contributed by atoms with Gasteiger partial charge in [-0.3, -0.25) is 9.78 Å². The van der Waals surface area contributed by atoms with E-state index in [1.54, 1.807) is 12.3 Å². The molecule has 0 aromatic carbocycles. The van der Waals surface area contributed by atoms with Gasteiger partial charge in [0.25, 0.3) is 0 Å². The Labute approximate surface area is 118 Å². The number of rotatable bonds is 4. The number of likely N-dealkylation sites (tertiary alicyclic amines) is 1. The number of nitrogens with one attached hydrogen (secondary N) is 1.